The molecule has 0 unspecified atom stereocenters. The SMILES string of the molecule is CN(C)CCOc1ccc2nc(NCc3ccc(C(=O)Nc4cc(-c5cccs5)ccc4N)cc3)sc2c1.CN(C)CCOc1ccc2nc(SCc3ccc(C(=O)Nc4cc(-c5cccs5)ccc4N)cc3)[nH]c2c1. The number of thiophene rings is 2. The highest BCUT2D eigenvalue weighted by atomic mass is 32.2. The van der Waals surface area contributed by atoms with Crippen molar-refractivity contribution in [1.82, 2.24) is 24.8 Å². The number of hydrogen-bond donors (Lipinski definition) is 6. The lowest BCUT2D eigenvalue weighted by Gasteiger charge is -2.10. The van der Waals surface area contributed by atoms with E-state index in [-0.39, 0.29) is 11.8 Å². The van der Waals surface area contributed by atoms with Gasteiger partial charge >= 0.3 is 0 Å². The van der Waals surface area contributed by atoms with E-state index in [9.17, 15) is 9.59 Å². The molecule has 14 nitrogen and oxygen atoms in total. The first-order chi connectivity index (χ1) is 36.9. The fourth-order valence-electron chi connectivity index (χ4n) is 7.65. The summed E-state index contributed by atoms with van der Waals surface area (Å²) in [5.74, 6) is 2.01. The molecule has 4 heterocycles. The second-order valence-corrected chi connectivity index (χ2v) is 22.1. The molecular formula is C58H58N10O4S4. The average Bonchev–Trinajstić information content (AvgIpc) is 4.28. The normalized spacial score (nSPS) is 11.2. The zero-order valence-corrected chi connectivity index (χ0v) is 45.7. The summed E-state index contributed by atoms with van der Waals surface area (Å²) in [6.45, 7) is 3.61. The molecule has 0 aliphatic rings. The van der Waals surface area contributed by atoms with E-state index in [2.05, 4.69) is 40.7 Å². The van der Waals surface area contributed by atoms with E-state index in [1.165, 1.54) is 0 Å². The number of fused-ring (bicyclic) bond motifs is 2. The minimum atomic E-state index is -0.200. The van der Waals surface area contributed by atoms with Gasteiger partial charge in [-0.15, -0.1) is 22.7 Å². The van der Waals surface area contributed by atoms with Crippen LogP contribution in [0.2, 0.25) is 0 Å². The number of likely N-dealkylation sites (N-methyl/N-ethyl adjacent to an activating group) is 2. The minimum absolute atomic E-state index is 0.194. The second kappa shape index (κ2) is 25.2. The van der Waals surface area contributed by atoms with Crippen molar-refractivity contribution in [3.05, 3.63) is 179 Å². The number of ether oxygens (including phenoxy) is 2. The average molecular weight is 1090 g/mol. The van der Waals surface area contributed by atoms with Gasteiger partial charge in [-0.3, -0.25) is 9.59 Å². The van der Waals surface area contributed by atoms with Gasteiger partial charge < -0.3 is 51.7 Å². The van der Waals surface area contributed by atoms with Crippen LogP contribution < -0.4 is 36.9 Å². The number of rotatable bonds is 20. The van der Waals surface area contributed by atoms with Gasteiger partial charge in [-0.05, 0) is 152 Å². The van der Waals surface area contributed by atoms with Crippen LogP contribution in [0.4, 0.5) is 27.9 Å². The van der Waals surface area contributed by atoms with Crippen LogP contribution >= 0.6 is 45.8 Å². The van der Waals surface area contributed by atoms with E-state index in [1.54, 1.807) is 45.8 Å². The van der Waals surface area contributed by atoms with Crippen molar-refractivity contribution >= 4 is 107 Å². The third-order valence-electron chi connectivity index (χ3n) is 11.9. The minimum Gasteiger partial charge on any atom is -0.492 e. The number of carbonyl (C=O) groups excluding carboxylic acids is 2. The highest BCUT2D eigenvalue weighted by Gasteiger charge is 2.14. The number of nitrogen functional groups attached to an aromatic ring is 2. The van der Waals surface area contributed by atoms with Crippen LogP contribution in [0.25, 0.3) is 42.1 Å². The Balaban J connectivity index is 0.000000186. The first kappa shape index (κ1) is 53.1. The molecule has 0 spiro atoms. The summed E-state index contributed by atoms with van der Waals surface area (Å²) in [7, 11) is 8.10. The lowest BCUT2D eigenvalue weighted by Crippen LogP contribution is -2.19. The van der Waals surface area contributed by atoms with Crippen molar-refractivity contribution in [3.63, 3.8) is 0 Å². The molecule has 4 aromatic heterocycles. The molecular weight excluding hydrogens is 1030 g/mol. The molecule has 76 heavy (non-hydrogen) atoms. The van der Waals surface area contributed by atoms with E-state index in [0.29, 0.717) is 53.6 Å². The first-order valence-corrected chi connectivity index (χ1v) is 27.9. The van der Waals surface area contributed by atoms with Gasteiger partial charge in [-0.25, -0.2) is 9.97 Å². The van der Waals surface area contributed by atoms with Gasteiger partial charge in [0.2, 0.25) is 0 Å². The number of benzene rings is 6. The molecule has 2 amide bonds. The number of nitrogens with two attached hydrogens (primary N) is 2. The number of anilines is 5. The van der Waals surface area contributed by atoms with Gasteiger partial charge in [0.25, 0.3) is 11.8 Å². The van der Waals surface area contributed by atoms with Gasteiger partial charge in [0.05, 0.1) is 44.0 Å². The summed E-state index contributed by atoms with van der Waals surface area (Å²) in [6, 6.07) is 46.5. The molecule has 0 bridgehead atoms. The molecule has 8 N–H and O–H groups in total. The quantitative estimate of drug-likeness (QED) is 0.0313. The molecule has 0 aliphatic carbocycles. The van der Waals surface area contributed by atoms with Crippen molar-refractivity contribution in [1.29, 1.82) is 0 Å². The number of aromatic amines is 1. The van der Waals surface area contributed by atoms with Crippen LogP contribution in [0.15, 0.2) is 162 Å². The zero-order valence-electron chi connectivity index (χ0n) is 42.5. The number of thioether (sulfide) groups is 1. The summed E-state index contributed by atoms with van der Waals surface area (Å²) in [5.41, 5.74) is 22.6. The van der Waals surface area contributed by atoms with Crippen molar-refractivity contribution in [2.24, 2.45) is 0 Å². The van der Waals surface area contributed by atoms with E-state index < -0.39 is 0 Å². The fraction of sp³-hybridized carbons (Fsp3) is 0.172. The number of nitrogens with one attached hydrogen (secondary N) is 4. The number of carbonyl (C=O) groups is 2. The number of thiazole rings is 1. The molecule has 0 saturated heterocycles. The molecule has 0 fully saturated rings. The summed E-state index contributed by atoms with van der Waals surface area (Å²) >= 11 is 6.50. The number of aromatic nitrogens is 3. The lowest BCUT2D eigenvalue weighted by molar-refractivity contribution is 0.101. The molecule has 10 aromatic rings. The van der Waals surface area contributed by atoms with Crippen molar-refractivity contribution in [2.75, 3.05) is 81.9 Å². The summed E-state index contributed by atoms with van der Waals surface area (Å²) in [6.07, 6.45) is 0. The fourth-order valence-corrected chi connectivity index (χ4v) is 10.8. The monoisotopic (exact) mass is 1090 g/mol. The maximum Gasteiger partial charge on any atom is 0.255 e. The maximum atomic E-state index is 12.9. The van der Waals surface area contributed by atoms with E-state index in [1.807, 2.05) is 185 Å². The van der Waals surface area contributed by atoms with Crippen LogP contribution in [0, 0.1) is 0 Å². The predicted octanol–water partition coefficient (Wildman–Crippen LogP) is 12.8. The van der Waals surface area contributed by atoms with Crippen molar-refractivity contribution < 1.29 is 19.1 Å². The Hall–Kier alpha value is -7.71. The Morgan fingerprint density at radius 1 is 0.618 bits per heavy atom. The third kappa shape index (κ3) is 14.4. The van der Waals surface area contributed by atoms with Crippen LogP contribution in [0.5, 0.6) is 11.5 Å². The Morgan fingerprint density at radius 2 is 1.16 bits per heavy atom. The van der Waals surface area contributed by atoms with E-state index in [4.69, 9.17) is 20.9 Å². The van der Waals surface area contributed by atoms with Gasteiger partial charge in [0.1, 0.15) is 24.7 Å². The van der Waals surface area contributed by atoms with Gasteiger partial charge in [-0.1, -0.05) is 71.6 Å². The smallest absolute Gasteiger partial charge is 0.255 e. The lowest BCUT2D eigenvalue weighted by atomic mass is 10.1. The highest BCUT2D eigenvalue weighted by Crippen LogP contribution is 2.34. The maximum absolute atomic E-state index is 12.9. The van der Waals surface area contributed by atoms with Crippen molar-refractivity contribution in [2.45, 2.75) is 17.5 Å². The number of amides is 2. The predicted molar refractivity (Wildman–Crippen MR) is 318 cm³/mol. The second-order valence-electron chi connectivity index (χ2n) is 18.2. The number of imidazole rings is 1. The standard InChI is InChI=1S/2C29H29N5O2S2/c1-34(2)13-14-36-22-10-12-24-26(17-22)33-29(32-24)38-18-19-5-7-20(8-6-19)28(35)31-25-16-21(9-11-23(25)30)27-4-3-15-37-27;1-34(2)13-14-36-22-10-12-24-27(17-22)38-29(33-24)31-18-19-5-7-20(8-6-19)28(35)32-25-16-21(9-11-23(25)30)26-4-3-15-37-26/h3-12,15-17H,13-14,18,30H2,1-2H3,(H,31,35)(H,32,33);3-12,15-17H,13-14,18,30H2,1-2H3,(H,31,33)(H,32,35). The van der Waals surface area contributed by atoms with Crippen LogP contribution in [-0.2, 0) is 12.3 Å². The molecule has 10 rings (SSSR count). The first-order valence-electron chi connectivity index (χ1n) is 24.4. The Kier molecular flexibility index (Phi) is 17.6. The molecule has 0 radical (unpaired) electrons. The number of hydrogen-bond acceptors (Lipinski definition) is 15. The number of nitrogens with zero attached hydrogens (tertiary/aromatic N) is 4. The summed E-state index contributed by atoms with van der Waals surface area (Å²) < 4.78 is 12.7. The molecule has 18 heteroatoms. The largest absolute Gasteiger partial charge is 0.492 e. The van der Waals surface area contributed by atoms with E-state index in [0.717, 1.165) is 93.9 Å². The topological polar surface area (TPSA) is 189 Å². The summed E-state index contributed by atoms with van der Waals surface area (Å²) in [5, 5.41) is 15.0. The van der Waals surface area contributed by atoms with Crippen LogP contribution in [-0.4, -0.2) is 91.1 Å². The highest BCUT2D eigenvalue weighted by molar-refractivity contribution is 7.98. The van der Waals surface area contributed by atoms with Crippen molar-refractivity contribution in [3.8, 4) is 32.4 Å². The van der Waals surface area contributed by atoms with Gasteiger partial charge in [-0.2, -0.15) is 0 Å². The molecule has 0 saturated carbocycles. The molecule has 0 atom stereocenters. The molecule has 388 valence electrons. The Labute approximate surface area is 458 Å². The Bertz CT molecular complexity index is 3290. The zero-order chi connectivity index (χ0) is 53.0. The van der Waals surface area contributed by atoms with Crippen LogP contribution in [0.3, 0.4) is 0 Å². The van der Waals surface area contributed by atoms with E-state index >= 15 is 0 Å². The Morgan fingerprint density at radius 3 is 1.70 bits per heavy atom. The molecule has 0 aliphatic heterocycles. The van der Waals surface area contributed by atoms with Crippen LogP contribution in [0.1, 0.15) is 31.8 Å². The van der Waals surface area contributed by atoms with Gasteiger partial charge in [0.15, 0.2) is 10.3 Å². The van der Waals surface area contributed by atoms with Gasteiger partial charge in [0, 0.05) is 52.3 Å². The summed E-state index contributed by atoms with van der Waals surface area (Å²) in [4.78, 5) is 44.9. The molecule has 6 aromatic carbocycles. The third-order valence-corrected chi connectivity index (χ3v) is 15.6. The number of H-pyrrole nitrogens is 1.